The van der Waals surface area contributed by atoms with Crippen molar-refractivity contribution in [1.29, 1.82) is 0 Å². The summed E-state index contributed by atoms with van der Waals surface area (Å²) in [5, 5.41) is 2.21. The molecule has 3 heteroatoms. The van der Waals surface area contributed by atoms with Gasteiger partial charge >= 0.3 is 0 Å². The molecule has 0 N–H and O–H groups in total. The molecule has 0 amide bonds. The van der Waals surface area contributed by atoms with Crippen LogP contribution in [-0.2, 0) is 5.41 Å². The number of hydrogen-bond donors (Lipinski definition) is 0. The van der Waals surface area contributed by atoms with E-state index in [0.29, 0.717) is 0 Å². The zero-order valence-electron chi connectivity index (χ0n) is 34.9. The third kappa shape index (κ3) is 5.28. The standard InChI is InChI=1S/C61H40N2O/c1-4-19-41(20-5-1)42-21-16-26-45(39-42)62(43-22-6-2-7-23-43)46-37-38-48-47-27-10-13-31-52(47)61(55(48)40-46)53-32-14-11-29-51(53)59-54(61)33-18-34-56(59)63(44-24-8-3-9-25-44)57-35-17-30-50-49-28-12-15-36-58(49)64-60(50)57/h1-40H. The molecule has 2 aliphatic carbocycles. The van der Waals surface area contributed by atoms with Crippen LogP contribution < -0.4 is 9.80 Å². The molecule has 300 valence electrons. The maximum atomic E-state index is 6.78. The van der Waals surface area contributed by atoms with Crippen LogP contribution >= 0.6 is 0 Å². The van der Waals surface area contributed by atoms with E-state index in [4.69, 9.17) is 4.42 Å². The Bertz CT molecular complexity index is 3580. The van der Waals surface area contributed by atoms with Gasteiger partial charge in [0.2, 0.25) is 0 Å². The van der Waals surface area contributed by atoms with Gasteiger partial charge in [0.05, 0.1) is 16.8 Å². The Morgan fingerprint density at radius 3 is 1.64 bits per heavy atom. The molecule has 1 aromatic heterocycles. The highest BCUT2D eigenvalue weighted by Crippen LogP contribution is 2.65. The summed E-state index contributed by atoms with van der Waals surface area (Å²) < 4.78 is 6.78. The van der Waals surface area contributed by atoms with Crippen molar-refractivity contribution in [2.24, 2.45) is 0 Å². The fraction of sp³-hybridized carbons (Fsp3) is 0.0164. The van der Waals surface area contributed by atoms with Crippen LogP contribution in [0.15, 0.2) is 247 Å². The van der Waals surface area contributed by atoms with Crippen LogP contribution in [0.5, 0.6) is 0 Å². The van der Waals surface area contributed by atoms with E-state index in [2.05, 4.69) is 246 Å². The smallest absolute Gasteiger partial charge is 0.159 e. The average molecular weight is 817 g/mol. The topological polar surface area (TPSA) is 19.6 Å². The summed E-state index contributed by atoms with van der Waals surface area (Å²) in [5.74, 6) is 0. The number of rotatable bonds is 7. The number of fused-ring (bicyclic) bond motifs is 13. The van der Waals surface area contributed by atoms with Crippen LogP contribution in [0.1, 0.15) is 22.3 Å². The molecule has 0 bridgehead atoms. The van der Waals surface area contributed by atoms with Crippen LogP contribution in [0.4, 0.5) is 34.1 Å². The van der Waals surface area contributed by atoms with Crippen LogP contribution in [0, 0.1) is 0 Å². The Morgan fingerprint density at radius 2 is 0.844 bits per heavy atom. The molecule has 1 spiro atoms. The highest BCUT2D eigenvalue weighted by Gasteiger charge is 2.52. The van der Waals surface area contributed by atoms with Gasteiger partial charge in [-0.2, -0.15) is 0 Å². The fourth-order valence-electron chi connectivity index (χ4n) is 10.9. The lowest BCUT2D eigenvalue weighted by molar-refractivity contribution is 0.669. The van der Waals surface area contributed by atoms with Gasteiger partial charge < -0.3 is 14.2 Å². The van der Waals surface area contributed by atoms with Crippen molar-refractivity contribution in [2.75, 3.05) is 9.80 Å². The zero-order valence-corrected chi connectivity index (χ0v) is 34.9. The first kappa shape index (κ1) is 36.3. The van der Waals surface area contributed by atoms with Gasteiger partial charge in [0.15, 0.2) is 5.58 Å². The predicted molar refractivity (Wildman–Crippen MR) is 265 cm³/mol. The van der Waals surface area contributed by atoms with Crippen molar-refractivity contribution < 1.29 is 4.42 Å². The molecular weight excluding hydrogens is 777 g/mol. The van der Waals surface area contributed by atoms with Crippen LogP contribution in [-0.4, -0.2) is 0 Å². The largest absolute Gasteiger partial charge is 0.454 e. The summed E-state index contributed by atoms with van der Waals surface area (Å²) in [7, 11) is 0. The van der Waals surface area contributed by atoms with Crippen molar-refractivity contribution in [1.82, 2.24) is 0 Å². The van der Waals surface area contributed by atoms with E-state index in [1.165, 1.54) is 55.6 Å². The first-order valence-corrected chi connectivity index (χ1v) is 22.0. The third-order valence-corrected chi connectivity index (χ3v) is 13.4. The number of nitrogens with zero attached hydrogens (tertiary/aromatic N) is 2. The summed E-state index contributed by atoms with van der Waals surface area (Å²) in [5.41, 5.74) is 20.1. The second-order valence-corrected chi connectivity index (χ2v) is 16.8. The molecule has 0 fully saturated rings. The van der Waals surface area contributed by atoms with E-state index in [9.17, 15) is 0 Å². The quantitative estimate of drug-likeness (QED) is 0.160. The minimum Gasteiger partial charge on any atom is -0.454 e. The van der Waals surface area contributed by atoms with E-state index in [-0.39, 0.29) is 0 Å². The molecule has 0 saturated carbocycles. The number of para-hydroxylation sites is 4. The van der Waals surface area contributed by atoms with E-state index < -0.39 is 5.41 Å². The number of anilines is 6. The van der Waals surface area contributed by atoms with Gasteiger partial charge in [-0.25, -0.2) is 0 Å². The van der Waals surface area contributed by atoms with Crippen molar-refractivity contribution >= 4 is 56.1 Å². The average Bonchev–Trinajstić information content (AvgIpc) is 4.00. The van der Waals surface area contributed by atoms with Crippen LogP contribution in [0.2, 0.25) is 0 Å². The lowest BCUT2D eigenvalue weighted by atomic mass is 9.70. The monoisotopic (exact) mass is 816 g/mol. The molecule has 2 aliphatic rings. The van der Waals surface area contributed by atoms with E-state index in [1.807, 2.05) is 6.07 Å². The molecule has 1 unspecified atom stereocenters. The first-order valence-electron chi connectivity index (χ1n) is 22.0. The second-order valence-electron chi connectivity index (χ2n) is 16.8. The van der Waals surface area contributed by atoms with Crippen LogP contribution in [0.3, 0.4) is 0 Å². The SMILES string of the molecule is c1ccc(-c2cccc(N(c3ccccc3)c3ccc4c(c3)C3(c5ccccc5-4)c4ccccc4-c4c(N(c5ccccc5)c5cccc6c5oc5ccccc56)cccc43)c2)cc1. The summed E-state index contributed by atoms with van der Waals surface area (Å²) in [4.78, 5) is 4.82. The van der Waals surface area contributed by atoms with Gasteiger partial charge in [0, 0.05) is 39.1 Å². The summed E-state index contributed by atoms with van der Waals surface area (Å²) in [6.07, 6.45) is 0. The van der Waals surface area contributed by atoms with E-state index in [0.717, 1.165) is 56.1 Å². The van der Waals surface area contributed by atoms with E-state index >= 15 is 0 Å². The highest BCUT2D eigenvalue weighted by atomic mass is 16.3. The molecule has 0 radical (unpaired) electrons. The minimum absolute atomic E-state index is 0.591. The van der Waals surface area contributed by atoms with Crippen molar-refractivity contribution in [3.63, 3.8) is 0 Å². The van der Waals surface area contributed by atoms with Gasteiger partial charge in [-0.05, 0) is 117 Å². The Balaban J connectivity index is 1.07. The van der Waals surface area contributed by atoms with Gasteiger partial charge in [-0.1, -0.05) is 176 Å². The fourth-order valence-corrected chi connectivity index (χ4v) is 10.9. The van der Waals surface area contributed by atoms with Gasteiger partial charge in [0.25, 0.3) is 0 Å². The zero-order chi connectivity index (χ0) is 42.2. The Labute approximate surface area is 372 Å². The third-order valence-electron chi connectivity index (χ3n) is 13.4. The Hall–Kier alpha value is -8.40. The number of benzene rings is 10. The van der Waals surface area contributed by atoms with E-state index in [1.54, 1.807) is 0 Å². The molecular formula is C61H40N2O. The maximum absolute atomic E-state index is 6.78. The molecule has 13 rings (SSSR count). The Morgan fingerprint density at radius 1 is 0.312 bits per heavy atom. The first-order chi connectivity index (χ1) is 31.8. The maximum Gasteiger partial charge on any atom is 0.159 e. The molecule has 64 heavy (non-hydrogen) atoms. The highest BCUT2D eigenvalue weighted by molar-refractivity contribution is 6.11. The van der Waals surface area contributed by atoms with Gasteiger partial charge in [0.1, 0.15) is 5.58 Å². The van der Waals surface area contributed by atoms with Crippen molar-refractivity contribution in [3.05, 3.63) is 265 Å². The minimum atomic E-state index is -0.591. The van der Waals surface area contributed by atoms with Crippen LogP contribution in [0.25, 0.3) is 55.3 Å². The van der Waals surface area contributed by atoms with Gasteiger partial charge in [-0.3, -0.25) is 0 Å². The summed E-state index contributed by atoms with van der Waals surface area (Å²) in [6.45, 7) is 0. The molecule has 11 aromatic rings. The molecule has 1 atom stereocenters. The predicted octanol–water partition coefficient (Wildman–Crippen LogP) is 16.5. The molecule has 3 nitrogen and oxygen atoms in total. The number of furan rings is 1. The van der Waals surface area contributed by atoms with Crippen molar-refractivity contribution in [3.8, 4) is 33.4 Å². The number of hydrogen-bond acceptors (Lipinski definition) is 3. The molecule has 0 saturated heterocycles. The van der Waals surface area contributed by atoms with Gasteiger partial charge in [-0.15, -0.1) is 0 Å². The lowest BCUT2D eigenvalue weighted by Gasteiger charge is -2.33. The molecule has 10 aromatic carbocycles. The Kier molecular flexibility index (Phi) is 8.13. The summed E-state index contributed by atoms with van der Waals surface area (Å²) >= 11 is 0. The molecule has 1 heterocycles. The normalized spacial score (nSPS) is 14.3. The summed E-state index contributed by atoms with van der Waals surface area (Å²) in [6, 6.07) is 88.2. The van der Waals surface area contributed by atoms with Crippen molar-refractivity contribution in [2.45, 2.75) is 5.41 Å². The molecule has 0 aliphatic heterocycles. The second kappa shape index (κ2) is 14.3. The lowest BCUT2D eigenvalue weighted by Crippen LogP contribution is -2.26.